The molecule has 2 aromatic carbocycles. The lowest BCUT2D eigenvalue weighted by Gasteiger charge is -2.07. The number of nitrogens with zero attached hydrogens (tertiary/aromatic N) is 3. The summed E-state index contributed by atoms with van der Waals surface area (Å²) in [5.41, 5.74) is 3.42. The Morgan fingerprint density at radius 2 is 1.52 bits per heavy atom. The maximum atomic E-state index is 12.2. The molecule has 1 heterocycles. The van der Waals surface area contributed by atoms with Crippen molar-refractivity contribution in [3.05, 3.63) is 60.8 Å². The SMILES string of the molecule is CC(C)S(=O)(=O)n1cc(-c2ccccc2-c2ccccc2)nn1. The molecular formula is C17H17N3O2S. The summed E-state index contributed by atoms with van der Waals surface area (Å²) in [6.07, 6.45) is 1.47. The summed E-state index contributed by atoms with van der Waals surface area (Å²) >= 11 is 0. The molecule has 5 nitrogen and oxygen atoms in total. The highest BCUT2D eigenvalue weighted by Gasteiger charge is 2.21. The van der Waals surface area contributed by atoms with Crippen LogP contribution in [0.2, 0.25) is 0 Å². The van der Waals surface area contributed by atoms with Crippen molar-refractivity contribution in [3.63, 3.8) is 0 Å². The first-order valence-corrected chi connectivity index (χ1v) is 8.82. The second-order valence-electron chi connectivity index (χ2n) is 5.48. The van der Waals surface area contributed by atoms with Crippen LogP contribution in [0, 0.1) is 0 Å². The number of aromatic nitrogens is 3. The first kappa shape index (κ1) is 15.4. The van der Waals surface area contributed by atoms with Gasteiger partial charge >= 0.3 is 0 Å². The standard InChI is InChI=1S/C17H17N3O2S/c1-13(2)23(21,22)20-12-17(18-19-20)16-11-7-6-10-15(16)14-8-4-3-5-9-14/h3-13H,1-2H3. The highest BCUT2D eigenvalue weighted by molar-refractivity contribution is 7.90. The normalized spacial score (nSPS) is 11.8. The predicted molar refractivity (Wildman–Crippen MR) is 90.3 cm³/mol. The summed E-state index contributed by atoms with van der Waals surface area (Å²) in [6.45, 7) is 3.24. The van der Waals surface area contributed by atoms with Gasteiger partial charge in [-0.15, -0.1) is 9.19 Å². The molecule has 0 fully saturated rings. The van der Waals surface area contributed by atoms with Gasteiger partial charge in [0.2, 0.25) is 0 Å². The molecule has 0 N–H and O–H groups in total. The Morgan fingerprint density at radius 1 is 0.913 bits per heavy atom. The predicted octanol–water partition coefficient (Wildman–Crippen LogP) is 3.20. The van der Waals surface area contributed by atoms with Crippen LogP contribution in [0.4, 0.5) is 0 Å². The lowest BCUT2D eigenvalue weighted by Crippen LogP contribution is -2.22. The minimum absolute atomic E-state index is 0.536. The van der Waals surface area contributed by atoms with Crippen LogP contribution in [-0.4, -0.2) is 28.1 Å². The smallest absolute Gasteiger partial charge is 0.204 e. The van der Waals surface area contributed by atoms with Crippen LogP contribution in [-0.2, 0) is 10.0 Å². The number of benzene rings is 2. The van der Waals surface area contributed by atoms with Gasteiger partial charge in [-0.25, -0.2) is 8.42 Å². The van der Waals surface area contributed by atoms with E-state index in [0.29, 0.717) is 5.69 Å². The van der Waals surface area contributed by atoms with Gasteiger partial charge in [0.15, 0.2) is 0 Å². The highest BCUT2D eigenvalue weighted by Crippen LogP contribution is 2.30. The molecule has 0 spiro atoms. The molecule has 1 aromatic heterocycles. The highest BCUT2D eigenvalue weighted by atomic mass is 32.2. The molecule has 0 saturated carbocycles. The van der Waals surface area contributed by atoms with Crippen molar-refractivity contribution in [1.82, 2.24) is 14.4 Å². The zero-order valence-electron chi connectivity index (χ0n) is 12.9. The van der Waals surface area contributed by atoms with Gasteiger partial charge in [0, 0.05) is 5.56 Å². The molecule has 0 aliphatic rings. The van der Waals surface area contributed by atoms with Crippen LogP contribution in [0.3, 0.4) is 0 Å². The second kappa shape index (κ2) is 5.96. The Labute approximate surface area is 135 Å². The maximum absolute atomic E-state index is 12.2. The van der Waals surface area contributed by atoms with E-state index in [9.17, 15) is 8.42 Å². The van der Waals surface area contributed by atoms with Gasteiger partial charge in [0.05, 0.1) is 11.4 Å². The molecule has 0 atom stereocenters. The molecule has 0 radical (unpaired) electrons. The van der Waals surface area contributed by atoms with Crippen molar-refractivity contribution < 1.29 is 8.42 Å². The third-order valence-corrected chi connectivity index (χ3v) is 5.51. The fourth-order valence-electron chi connectivity index (χ4n) is 2.29. The number of hydrogen-bond donors (Lipinski definition) is 0. The molecule has 23 heavy (non-hydrogen) atoms. The third-order valence-electron chi connectivity index (χ3n) is 3.62. The first-order valence-electron chi connectivity index (χ1n) is 7.31. The van der Waals surface area contributed by atoms with Gasteiger partial charge in [-0.05, 0) is 25.0 Å². The number of rotatable bonds is 4. The van der Waals surface area contributed by atoms with Gasteiger partial charge in [-0.1, -0.05) is 59.8 Å². The molecule has 0 saturated heterocycles. The van der Waals surface area contributed by atoms with Crippen molar-refractivity contribution in [2.24, 2.45) is 0 Å². The van der Waals surface area contributed by atoms with Crippen LogP contribution in [0.1, 0.15) is 13.8 Å². The fourth-order valence-corrected chi connectivity index (χ4v) is 3.11. The van der Waals surface area contributed by atoms with Crippen LogP contribution < -0.4 is 0 Å². The van der Waals surface area contributed by atoms with Gasteiger partial charge in [-0.3, -0.25) is 0 Å². The van der Waals surface area contributed by atoms with Gasteiger partial charge in [-0.2, -0.15) is 0 Å². The molecule has 0 bridgehead atoms. The van der Waals surface area contributed by atoms with E-state index in [1.165, 1.54) is 6.20 Å². The van der Waals surface area contributed by atoms with E-state index in [1.807, 2.05) is 54.6 Å². The largest absolute Gasteiger partial charge is 0.257 e. The van der Waals surface area contributed by atoms with Crippen molar-refractivity contribution in [3.8, 4) is 22.4 Å². The summed E-state index contributed by atoms with van der Waals surface area (Å²) in [5, 5.41) is 7.30. The molecule has 6 heteroatoms. The Hall–Kier alpha value is -2.47. The van der Waals surface area contributed by atoms with Crippen molar-refractivity contribution in [1.29, 1.82) is 0 Å². The van der Waals surface area contributed by atoms with Gasteiger partial charge in [0.1, 0.15) is 5.69 Å². The molecule has 0 amide bonds. The van der Waals surface area contributed by atoms with E-state index < -0.39 is 15.3 Å². The molecular weight excluding hydrogens is 310 g/mol. The van der Waals surface area contributed by atoms with Crippen LogP contribution in [0.25, 0.3) is 22.4 Å². The van der Waals surface area contributed by atoms with Crippen molar-refractivity contribution in [2.75, 3.05) is 0 Å². The van der Waals surface area contributed by atoms with E-state index in [-0.39, 0.29) is 0 Å². The summed E-state index contributed by atoms with van der Waals surface area (Å²) in [7, 11) is -3.50. The van der Waals surface area contributed by atoms with Crippen molar-refractivity contribution >= 4 is 10.0 Å². The van der Waals surface area contributed by atoms with Gasteiger partial charge in [0.25, 0.3) is 10.0 Å². The van der Waals surface area contributed by atoms with E-state index in [2.05, 4.69) is 10.3 Å². The average Bonchev–Trinajstić information content (AvgIpc) is 3.06. The quantitative estimate of drug-likeness (QED) is 0.738. The molecule has 0 aliphatic carbocycles. The van der Waals surface area contributed by atoms with E-state index in [0.717, 1.165) is 20.8 Å². The average molecular weight is 327 g/mol. The van der Waals surface area contributed by atoms with Gasteiger partial charge < -0.3 is 0 Å². The molecule has 0 aliphatic heterocycles. The van der Waals surface area contributed by atoms with Crippen molar-refractivity contribution in [2.45, 2.75) is 19.1 Å². The first-order chi connectivity index (χ1) is 11.0. The number of hydrogen-bond acceptors (Lipinski definition) is 4. The monoisotopic (exact) mass is 327 g/mol. The van der Waals surface area contributed by atoms with E-state index >= 15 is 0 Å². The minimum Gasteiger partial charge on any atom is -0.204 e. The topological polar surface area (TPSA) is 64.8 Å². The summed E-state index contributed by atoms with van der Waals surface area (Å²) in [5.74, 6) is 0. The third kappa shape index (κ3) is 2.90. The molecule has 118 valence electrons. The Kier molecular flexibility index (Phi) is 4.00. The molecule has 0 unspecified atom stereocenters. The van der Waals surface area contributed by atoms with Crippen LogP contribution in [0.15, 0.2) is 60.8 Å². The summed E-state index contributed by atoms with van der Waals surface area (Å²) in [4.78, 5) is 0. The molecule has 3 aromatic rings. The summed E-state index contributed by atoms with van der Waals surface area (Å²) < 4.78 is 25.3. The zero-order chi connectivity index (χ0) is 16.4. The Morgan fingerprint density at radius 3 is 2.17 bits per heavy atom. The van der Waals surface area contributed by atoms with E-state index in [4.69, 9.17) is 0 Å². The molecule has 3 rings (SSSR count). The lowest BCUT2D eigenvalue weighted by molar-refractivity contribution is 0.568. The maximum Gasteiger partial charge on any atom is 0.257 e. The lowest BCUT2D eigenvalue weighted by atomic mass is 9.98. The summed E-state index contributed by atoms with van der Waals surface area (Å²) in [6, 6.07) is 17.6. The second-order valence-corrected chi connectivity index (χ2v) is 7.83. The van der Waals surface area contributed by atoms with Crippen LogP contribution in [0.5, 0.6) is 0 Å². The fraction of sp³-hybridized carbons (Fsp3) is 0.176. The Bertz CT molecular complexity index is 916. The Balaban J connectivity index is 2.10. The zero-order valence-corrected chi connectivity index (χ0v) is 13.7. The van der Waals surface area contributed by atoms with Crippen LogP contribution >= 0.6 is 0 Å². The van der Waals surface area contributed by atoms with E-state index in [1.54, 1.807) is 13.8 Å². The minimum atomic E-state index is -3.50.